The molecule has 4 heterocycles. The Morgan fingerprint density at radius 2 is 1.59 bits per heavy atom. The van der Waals surface area contributed by atoms with Gasteiger partial charge in [0.1, 0.15) is 12.2 Å². The van der Waals surface area contributed by atoms with Gasteiger partial charge in [-0.1, -0.05) is 11.6 Å². The Hall–Kier alpha value is -0.580. The van der Waals surface area contributed by atoms with Crippen LogP contribution in [0.4, 0.5) is 0 Å². The highest BCUT2D eigenvalue weighted by atomic mass is 16.6. The lowest BCUT2D eigenvalue weighted by molar-refractivity contribution is -0.229. The Kier molecular flexibility index (Phi) is 6.92. The van der Waals surface area contributed by atoms with Gasteiger partial charge in [0.15, 0.2) is 0 Å². The molecule has 4 N–H and O–H groups in total. The third-order valence-electron chi connectivity index (χ3n) is 6.74. The molecular formula is C21H34O8. The Bertz CT molecular complexity index is 583. The van der Waals surface area contributed by atoms with Crippen molar-refractivity contribution >= 4 is 0 Å². The molecule has 4 saturated heterocycles. The van der Waals surface area contributed by atoms with Gasteiger partial charge in [0, 0.05) is 19.3 Å². The summed E-state index contributed by atoms with van der Waals surface area (Å²) in [6.07, 6.45) is 2.04. The number of hydrogen-bond acceptors (Lipinski definition) is 8. The smallest absolute Gasteiger partial charge is 0.110 e. The number of aliphatic hydroxyl groups excluding tert-OH is 4. The highest BCUT2D eigenvalue weighted by Crippen LogP contribution is 2.40. The van der Waals surface area contributed by atoms with Gasteiger partial charge in [0.25, 0.3) is 0 Å². The second-order valence-electron chi connectivity index (χ2n) is 8.91. The van der Waals surface area contributed by atoms with Gasteiger partial charge in [0.05, 0.1) is 62.0 Å². The van der Waals surface area contributed by atoms with Gasteiger partial charge >= 0.3 is 0 Å². The van der Waals surface area contributed by atoms with E-state index < -0.39 is 24.4 Å². The average molecular weight is 414 g/mol. The normalized spacial score (nSPS) is 48.2. The van der Waals surface area contributed by atoms with E-state index in [-0.39, 0.29) is 49.8 Å². The molecule has 0 radical (unpaired) electrons. The van der Waals surface area contributed by atoms with E-state index in [2.05, 4.69) is 0 Å². The van der Waals surface area contributed by atoms with Crippen molar-refractivity contribution in [1.29, 1.82) is 0 Å². The second-order valence-corrected chi connectivity index (χ2v) is 8.91. The van der Waals surface area contributed by atoms with Crippen molar-refractivity contribution in [3.63, 3.8) is 0 Å². The summed E-state index contributed by atoms with van der Waals surface area (Å²) < 4.78 is 24.7. The van der Waals surface area contributed by atoms with Crippen LogP contribution in [0.25, 0.3) is 0 Å². The Morgan fingerprint density at radius 3 is 2.34 bits per heavy atom. The van der Waals surface area contributed by atoms with E-state index in [0.717, 1.165) is 12.0 Å². The van der Waals surface area contributed by atoms with E-state index in [1.165, 1.54) is 0 Å². The first-order valence-electron chi connectivity index (χ1n) is 10.8. The minimum atomic E-state index is -0.714. The minimum absolute atomic E-state index is 0.00977. The van der Waals surface area contributed by atoms with Crippen molar-refractivity contribution in [2.24, 2.45) is 0 Å². The maximum atomic E-state index is 10.8. The molecule has 4 aliphatic rings. The van der Waals surface area contributed by atoms with Crippen molar-refractivity contribution < 1.29 is 39.4 Å². The predicted molar refractivity (Wildman–Crippen MR) is 102 cm³/mol. The highest BCUT2D eigenvalue weighted by molar-refractivity contribution is 5.02. The van der Waals surface area contributed by atoms with Crippen molar-refractivity contribution in [1.82, 2.24) is 0 Å². The molecule has 8 nitrogen and oxygen atoms in total. The Balaban J connectivity index is 1.42. The Morgan fingerprint density at radius 1 is 0.828 bits per heavy atom. The van der Waals surface area contributed by atoms with Gasteiger partial charge in [-0.15, -0.1) is 0 Å². The molecule has 0 aromatic rings. The van der Waals surface area contributed by atoms with Gasteiger partial charge in [0.2, 0.25) is 0 Å². The van der Waals surface area contributed by atoms with Crippen LogP contribution in [-0.2, 0) is 18.9 Å². The SMILES string of the molecule is C/C(=C\C[C@H]1C[C@@H]2O[C@@H]3C[C@@H]4O[C@H](CO)[C@@H](O)CC[C@H]4O[C@H]3[C@@H](O)C[C@H]2O1)CO. The van der Waals surface area contributed by atoms with E-state index in [9.17, 15) is 15.3 Å². The summed E-state index contributed by atoms with van der Waals surface area (Å²) in [7, 11) is 0. The van der Waals surface area contributed by atoms with Gasteiger partial charge in [-0.3, -0.25) is 0 Å². The summed E-state index contributed by atoms with van der Waals surface area (Å²) in [5.41, 5.74) is 0.916. The number of rotatable bonds is 4. The quantitative estimate of drug-likeness (QED) is 0.477. The molecule has 0 amide bonds. The van der Waals surface area contributed by atoms with Gasteiger partial charge < -0.3 is 39.4 Å². The average Bonchev–Trinajstić information content (AvgIpc) is 2.94. The van der Waals surface area contributed by atoms with Crippen LogP contribution in [0.3, 0.4) is 0 Å². The van der Waals surface area contributed by atoms with Gasteiger partial charge in [-0.25, -0.2) is 0 Å². The van der Waals surface area contributed by atoms with E-state index in [1.807, 2.05) is 13.0 Å². The first-order chi connectivity index (χ1) is 14.0. The zero-order valence-corrected chi connectivity index (χ0v) is 16.9. The first-order valence-corrected chi connectivity index (χ1v) is 10.8. The number of hydrogen-bond donors (Lipinski definition) is 4. The van der Waals surface area contributed by atoms with Gasteiger partial charge in [-0.05, 0) is 26.2 Å². The number of fused-ring (bicyclic) bond motifs is 3. The maximum absolute atomic E-state index is 10.8. The zero-order chi connectivity index (χ0) is 20.5. The topological polar surface area (TPSA) is 118 Å². The van der Waals surface area contributed by atoms with Crippen molar-refractivity contribution in [2.75, 3.05) is 13.2 Å². The zero-order valence-electron chi connectivity index (χ0n) is 16.9. The van der Waals surface area contributed by atoms with E-state index in [0.29, 0.717) is 32.1 Å². The van der Waals surface area contributed by atoms with Crippen LogP contribution >= 0.6 is 0 Å². The number of ether oxygens (including phenoxy) is 4. The van der Waals surface area contributed by atoms with Crippen LogP contribution in [-0.4, -0.2) is 94.7 Å². The molecule has 0 aromatic heterocycles. The molecule has 4 fully saturated rings. The van der Waals surface area contributed by atoms with Crippen LogP contribution < -0.4 is 0 Å². The van der Waals surface area contributed by atoms with E-state index in [1.54, 1.807) is 0 Å². The van der Waals surface area contributed by atoms with Gasteiger partial charge in [-0.2, -0.15) is 0 Å². The van der Waals surface area contributed by atoms with Crippen molar-refractivity contribution in [3.05, 3.63) is 11.6 Å². The van der Waals surface area contributed by atoms with Crippen LogP contribution in [0.15, 0.2) is 11.6 Å². The molecule has 4 rings (SSSR count). The molecule has 10 atom stereocenters. The highest BCUT2D eigenvalue weighted by Gasteiger charge is 2.51. The van der Waals surface area contributed by atoms with Crippen molar-refractivity contribution in [2.45, 2.75) is 106 Å². The first kappa shape index (κ1) is 21.6. The summed E-state index contributed by atoms with van der Waals surface area (Å²) in [4.78, 5) is 0. The molecule has 29 heavy (non-hydrogen) atoms. The molecule has 0 saturated carbocycles. The van der Waals surface area contributed by atoms with Crippen molar-refractivity contribution in [3.8, 4) is 0 Å². The third-order valence-corrected chi connectivity index (χ3v) is 6.74. The molecule has 166 valence electrons. The van der Waals surface area contributed by atoms with Crippen LogP contribution in [0.2, 0.25) is 0 Å². The van der Waals surface area contributed by atoms with E-state index in [4.69, 9.17) is 24.1 Å². The molecule has 0 bridgehead atoms. The molecule has 8 heteroatoms. The third kappa shape index (κ3) is 4.70. The fourth-order valence-corrected chi connectivity index (χ4v) is 5.06. The monoisotopic (exact) mass is 414 g/mol. The van der Waals surface area contributed by atoms with Crippen LogP contribution in [0, 0.1) is 0 Å². The largest absolute Gasteiger partial charge is 0.394 e. The predicted octanol–water partition coefficient (Wildman–Crippen LogP) is 0.0493. The fraction of sp³-hybridized carbons (Fsp3) is 0.905. The second kappa shape index (κ2) is 9.28. The summed E-state index contributed by atoms with van der Waals surface area (Å²) >= 11 is 0. The lowest BCUT2D eigenvalue weighted by Gasteiger charge is -2.42. The summed E-state index contributed by atoms with van der Waals surface area (Å²) in [6.45, 7) is 1.70. The van der Waals surface area contributed by atoms with E-state index >= 15 is 0 Å². The lowest BCUT2D eigenvalue weighted by Crippen LogP contribution is -2.53. The fourth-order valence-electron chi connectivity index (χ4n) is 5.06. The van der Waals surface area contributed by atoms with Crippen LogP contribution in [0.5, 0.6) is 0 Å². The number of aliphatic hydroxyl groups is 4. The Labute approximate surface area is 171 Å². The molecule has 0 unspecified atom stereocenters. The summed E-state index contributed by atoms with van der Waals surface area (Å²) in [5.74, 6) is 0. The summed E-state index contributed by atoms with van der Waals surface area (Å²) in [6, 6.07) is 0. The summed E-state index contributed by atoms with van der Waals surface area (Å²) in [5, 5.41) is 39.7. The standard InChI is InChI=1S/C21H34O8/c1-11(9-22)2-3-12-6-16-17(26-12)7-14(25)21-19(27-16)8-18-15(29-21)5-4-13(24)20(10-23)28-18/h2,12-25H,3-10H2,1H3/b11-2+/t12-,13-,14-,15+,16-,17+,18-,19+,20+,21-/m0/s1. The molecular weight excluding hydrogens is 380 g/mol. The minimum Gasteiger partial charge on any atom is -0.394 e. The maximum Gasteiger partial charge on any atom is 0.110 e. The lowest BCUT2D eigenvalue weighted by atomic mass is 9.92. The molecule has 0 spiro atoms. The molecule has 0 aliphatic carbocycles. The molecule has 0 aromatic carbocycles. The molecule has 4 aliphatic heterocycles. The van der Waals surface area contributed by atoms with Crippen LogP contribution in [0.1, 0.15) is 45.4 Å².